The number of rotatable bonds is 11. The standard InChI is InChI=1S/C15H34NO/c1-6-11-16(4,12-7-2)13-9-15(8-3)10-14-17-5/h15H,6-14H2,1-5H3/q+1. The Bertz CT molecular complexity index is 164. The summed E-state index contributed by atoms with van der Waals surface area (Å²) in [6.07, 6.45) is 6.47. The van der Waals surface area contributed by atoms with Crippen molar-refractivity contribution < 1.29 is 9.22 Å². The van der Waals surface area contributed by atoms with Crippen molar-refractivity contribution in [1.29, 1.82) is 0 Å². The van der Waals surface area contributed by atoms with Gasteiger partial charge in [0.15, 0.2) is 0 Å². The molecule has 0 amide bonds. The van der Waals surface area contributed by atoms with Crippen molar-refractivity contribution in [3.8, 4) is 0 Å². The average molecular weight is 244 g/mol. The highest BCUT2D eigenvalue weighted by Crippen LogP contribution is 2.17. The van der Waals surface area contributed by atoms with Crippen LogP contribution in [-0.2, 0) is 4.74 Å². The number of hydrogen-bond acceptors (Lipinski definition) is 1. The van der Waals surface area contributed by atoms with Crippen molar-refractivity contribution in [3.63, 3.8) is 0 Å². The Labute approximate surface area is 109 Å². The molecule has 0 rings (SSSR count). The van der Waals surface area contributed by atoms with Gasteiger partial charge in [-0.2, -0.15) is 0 Å². The molecule has 0 aliphatic carbocycles. The zero-order valence-electron chi connectivity index (χ0n) is 12.8. The van der Waals surface area contributed by atoms with Gasteiger partial charge in [-0.05, 0) is 31.6 Å². The molecule has 0 aliphatic rings. The first kappa shape index (κ1) is 16.9. The lowest BCUT2D eigenvalue weighted by atomic mass is 9.98. The van der Waals surface area contributed by atoms with Gasteiger partial charge >= 0.3 is 0 Å². The highest BCUT2D eigenvalue weighted by molar-refractivity contribution is 4.57. The molecule has 0 spiro atoms. The van der Waals surface area contributed by atoms with Gasteiger partial charge in [0.1, 0.15) is 0 Å². The molecule has 1 unspecified atom stereocenters. The van der Waals surface area contributed by atoms with E-state index in [0.717, 1.165) is 12.5 Å². The Balaban J connectivity index is 4.07. The Morgan fingerprint density at radius 2 is 1.53 bits per heavy atom. The van der Waals surface area contributed by atoms with E-state index in [9.17, 15) is 0 Å². The van der Waals surface area contributed by atoms with E-state index in [0.29, 0.717) is 0 Å². The van der Waals surface area contributed by atoms with Gasteiger partial charge in [0, 0.05) is 13.7 Å². The maximum absolute atomic E-state index is 5.20. The number of ether oxygens (including phenoxy) is 1. The van der Waals surface area contributed by atoms with E-state index >= 15 is 0 Å². The number of nitrogens with zero attached hydrogens (tertiary/aromatic N) is 1. The molecule has 0 saturated carbocycles. The largest absolute Gasteiger partial charge is 0.385 e. The molecule has 2 heteroatoms. The quantitative estimate of drug-likeness (QED) is 0.504. The van der Waals surface area contributed by atoms with Crippen LogP contribution in [0.15, 0.2) is 0 Å². The lowest BCUT2D eigenvalue weighted by molar-refractivity contribution is -0.910. The fraction of sp³-hybridized carbons (Fsp3) is 1.00. The number of methoxy groups -OCH3 is 1. The Morgan fingerprint density at radius 3 is 1.94 bits per heavy atom. The fourth-order valence-corrected chi connectivity index (χ4v) is 2.75. The molecule has 0 bridgehead atoms. The summed E-state index contributed by atoms with van der Waals surface area (Å²) in [7, 11) is 4.23. The molecule has 104 valence electrons. The minimum Gasteiger partial charge on any atom is -0.385 e. The van der Waals surface area contributed by atoms with Crippen molar-refractivity contribution in [3.05, 3.63) is 0 Å². The van der Waals surface area contributed by atoms with Gasteiger partial charge in [0.25, 0.3) is 0 Å². The minimum absolute atomic E-state index is 0.848. The minimum atomic E-state index is 0.848. The smallest absolute Gasteiger partial charge is 0.0787 e. The second-order valence-corrected chi connectivity index (χ2v) is 5.63. The van der Waals surface area contributed by atoms with E-state index in [2.05, 4.69) is 27.8 Å². The molecule has 0 aromatic carbocycles. The molecule has 0 aliphatic heterocycles. The van der Waals surface area contributed by atoms with E-state index in [1.54, 1.807) is 7.11 Å². The van der Waals surface area contributed by atoms with Crippen LogP contribution in [0.1, 0.15) is 52.9 Å². The maximum Gasteiger partial charge on any atom is 0.0787 e. The predicted molar refractivity (Wildman–Crippen MR) is 76.3 cm³/mol. The molecular weight excluding hydrogens is 210 g/mol. The van der Waals surface area contributed by atoms with E-state index < -0.39 is 0 Å². The zero-order chi connectivity index (χ0) is 13.1. The van der Waals surface area contributed by atoms with Crippen molar-refractivity contribution in [2.75, 3.05) is 40.4 Å². The maximum atomic E-state index is 5.20. The van der Waals surface area contributed by atoms with Crippen molar-refractivity contribution in [2.45, 2.75) is 52.9 Å². The number of hydrogen-bond donors (Lipinski definition) is 0. The third kappa shape index (κ3) is 7.77. The summed E-state index contributed by atoms with van der Waals surface area (Å²) in [5.41, 5.74) is 0. The fourth-order valence-electron chi connectivity index (χ4n) is 2.75. The summed E-state index contributed by atoms with van der Waals surface area (Å²) in [5.74, 6) is 0.848. The summed E-state index contributed by atoms with van der Waals surface area (Å²) >= 11 is 0. The first-order valence-electron chi connectivity index (χ1n) is 7.44. The number of quaternary nitrogens is 1. The van der Waals surface area contributed by atoms with Crippen LogP contribution >= 0.6 is 0 Å². The lowest BCUT2D eigenvalue weighted by Crippen LogP contribution is -2.46. The summed E-state index contributed by atoms with van der Waals surface area (Å²) < 4.78 is 6.46. The van der Waals surface area contributed by atoms with E-state index in [1.165, 1.54) is 56.2 Å². The first-order valence-corrected chi connectivity index (χ1v) is 7.44. The second-order valence-electron chi connectivity index (χ2n) is 5.63. The van der Waals surface area contributed by atoms with Crippen molar-refractivity contribution in [2.24, 2.45) is 5.92 Å². The molecule has 0 fully saturated rings. The monoisotopic (exact) mass is 244 g/mol. The molecule has 17 heavy (non-hydrogen) atoms. The van der Waals surface area contributed by atoms with Crippen LogP contribution in [0.5, 0.6) is 0 Å². The summed E-state index contributed by atoms with van der Waals surface area (Å²) in [4.78, 5) is 0. The molecule has 0 saturated heterocycles. The van der Waals surface area contributed by atoms with Crippen molar-refractivity contribution in [1.82, 2.24) is 0 Å². The summed E-state index contributed by atoms with van der Waals surface area (Å²) in [6.45, 7) is 11.8. The van der Waals surface area contributed by atoms with Crippen LogP contribution in [0.4, 0.5) is 0 Å². The normalized spacial score (nSPS) is 13.9. The van der Waals surface area contributed by atoms with Gasteiger partial charge < -0.3 is 9.22 Å². The lowest BCUT2D eigenvalue weighted by Gasteiger charge is -2.35. The summed E-state index contributed by atoms with van der Waals surface area (Å²) in [6, 6.07) is 0. The molecular formula is C15H34NO+. The Hall–Kier alpha value is -0.0800. The summed E-state index contributed by atoms with van der Waals surface area (Å²) in [5, 5.41) is 0. The van der Waals surface area contributed by atoms with E-state index in [-0.39, 0.29) is 0 Å². The highest BCUT2D eigenvalue weighted by Gasteiger charge is 2.20. The van der Waals surface area contributed by atoms with Crippen LogP contribution in [0.25, 0.3) is 0 Å². The third-order valence-electron chi connectivity index (χ3n) is 3.91. The molecule has 0 N–H and O–H groups in total. The Morgan fingerprint density at radius 1 is 0.941 bits per heavy atom. The van der Waals surface area contributed by atoms with Crippen LogP contribution in [0, 0.1) is 5.92 Å². The molecule has 2 nitrogen and oxygen atoms in total. The third-order valence-corrected chi connectivity index (χ3v) is 3.91. The van der Waals surface area contributed by atoms with Gasteiger partial charge in [0.2, 0.25) is 0 Å². The van der Waals surface area contributed by atoms with Crippen LogP contribution in [0.3, 0.4) is 0 Å². The van der Waals surface area contributed by atoms with Crippen LogP contribution in [0.2, 0.25) is 0 Å². The Kier molecular flexibility index (Phi) is 9.85. The van der Waals surface area contributed by atoms with E-state index in [4.69, 9.17) is 4.74 Å². The van der Waals surface area contributed by atoms with Gasteiger partial charge in [0.05, 0.1) is 26.7 Å². The second kappa shape index (κ2) is 9.90. The predicted octanol–water partition coefficient (Wildman–Crippen LogP) is 3.71. The topological polar surface area (TPSA) is 9.23 Å². The van der Waals surface area contributed by atoms with Crippen LogP contribution < -0.4 is 0 Å². The van der Waals surface area contributed by atoms with Gasteiger partial charge in [-0.15, -0.1) is 0 Å². The highest BCUT2D eigenvalue weighted by atomic mass is 16.5. The van der Waals surface area contributed by atoms with E-state index in [1.807, 2.05) is 0 Å². The molecule has 0 radical (unpaired) electrons. The molecule has 0 heterocycles. The van der Waals surface area contributed by atoms with Gasteiger partial charge in [-0.3, -0.25) is 0 Å². The van der Waals surface area contributed by atoms with Gasteiger partial charge in [-0.25, -0.2) is 0 Å². The SMILES string of the molecule is CCC[N+](C)(CCC)CCC(CC)CCOC. The van der Waals surface area contributed by atoms with Crippen molar-refractivity contribution >= 4 is 0 Å². The van der Waals surface area contributed by atoms with Gasteiger partial charge in [-0.1, -0.05) is 27.2 Å². The zero-order valence-corrected chi connectivity index (χ0v) is 12.8. The molecule has 0 aromatic heterocycles. The molecule has 1 atom stereocenters. The van der Waals surface area contributed by atoms with Crippen LogP contribution in [-0.4, -0.2) is 44.9 Å². The average Bonchev–Trinajstić information content (AvgIpc) is 2.30. The first-order chi connectivity index (χ1) is 8.11. The molecule has 0 aromatic rings.